The highest BCUT2D eigenvalue weighted by molar-refractivity contribution is 6.32. The van der Waals surface area contributed by atoms with Crippen LogP contribution in [0.4, 0.5) is 42.9 Å². The van der Waals surface area contributed by atoms with E-state index in [1.165, 1.54) is 36.4 Å². The molecule has 8 nitrogen and oxygen atoms in total. The first-order valence-electron chi connectivity index (χ1n) is 15.5. The molecule has 2 amide bonds. The van der Waals surface area contributed by atoms with Crippen LogP contribution in [0.5, 0.6) is 0 Å². The number of hydrogen-bond acceptors (Lipinski definition) is 6. The van der Waals surface area contributed by atoms with Crippen LogP contribution >= 0.6 is 0 Å². The monoisotopic (exact) mass is 664 g/mol. The summed E-state index contributed by atoms with van der Waals surface area (Å²) in [6, 6.07) is 34.4. The SMILES string of the molecule is O=C(Nc1c(F)cccc1Nc1cccc2c1C(=O)c1cccc(Nc3cccc(F)c3NC(=O)c3ccccc3)c1C2=O)c1ccccc1. The highest BCUT2D eigenvalue weighted by Gasteiger charge is 2.34. The van der Waals surface area contributed by atoms with Crippen molar-refractivity contribution in [2.75, 3.05) is 21.3 Å². The lowest BCUT2D eigenvalue weighted by Gasteiger charge is -2.24. The molecule has 0 fully saturated rings. The third-order valence-electron chi connectivity index (χ3n) is 8.19. The van der Waals surface area contributed by atoms with Crippen molar-refractivity contribution in [3.63, 3.8) is 0 Å². The predicted octanol–water partition coefficient (Wildman–Crippen LogP) is 8.73. The second-order valence-electron chi connectivity index (χ2n) is 11.3. The van der Waals surface area contributed by atoms with Crippen molar-refractivity contribution >= 4 is 57.5 Å². The van der Waals surface area contributed by atoms with Crippen LogP contribution in [0.25, 0.3) is 0 Å². The highest BCUT2D eigenvalue weighted by atomic mass is 19.1. The van der Waals surface area contributed by atoms with E-state index < -0.39 is 35.0 Å². The Hall–Kier alpha value is -6.94. The predicted molar refractivity (Wildman–Crippen MR) is 188 cm³/mol. The molecule has 0 atom stereocenters. The average Bonchev–Trinajstić information content (AvgIpc) is 3.14. The molecule has 50 heavy (non-hydrogen) atoms. The summed E-state index contributed by atoms with van der Waals surface area (Å²) in [5.74, 6) is -3.44. The Morgan fingerprint density at radius 2 is 0.780 bits per heavy atom. The molecule has 0 heterocycles. The Kier molecular flexibility index (Phi) is 8.41. The van der Waals surface area contributed by atoms with Gasteiger partial charge in [0.25, 0.3) is 11.8 Å². The van der Waals surface area contributed by atoms with Crippen molar-refractivity contribution in [1.29, 1.82) is 0 Å². The summed E-state index contributed by atoms with van der Waals surface area (Å²) < 4.78 is 30.2. The molecule has 0 spiro atoms. The summed E-state index contributed by atoms with van der Waals surface area (Å²) in [6.45, 7) is 0. The molecule has 0 aliphatic heterocycles. The van der Waals surface area contributed by atoms with Gasteiger partial charge in [-0.15, -0.1) is 0 Å². The molecule has 0 radical (unpaired) electrons. The number of benzene rings is 6. The van der Waals surface area contributed by atoms with E-state index in [0.29, 0.717) is 11.1 Å². The van der Waals surface area contributed by atoms with E-state index in [4.69, 9.17) is 0 Å². The molecule has 4 N–H and O–H groups in total. The van der Waals surface area contributed by atoms with Gasteiger partial charge in [0, 0.05) is 22.3 Å². The number of para-hydroxylation sites is 2. The number of carbonyl (C=O) groups excluding carboxylic acids is 4. The van der Waals surface area contributed by atoms with Crippen molar-refractivity contribution in [3.8, 4) is 0 Å². The zero-order valence-electron chi connectivity index (χ0n) is 26.1. The van der Waals surface area contributed by atoms with E-state index in [1.807, 2.05) is 0 Å². The first-order valence-corrected chi connectivity index (χ1v) is 15.5. The van der Waals surface area contributed by atoms with Crippen molar-refractivity contribution in [1.82, 2.24) is 0 Å². The molecule has 1 aliphatic carbocycles. The first-order chi connectivity index (χ1) is 24.3. The van der Waals surface area contributed by atoms with Gasteiger partial charge in [0.2, 0.25) is 0 Å². The number of hydrogen-bond donors (Lipinski definition) is 4. The fourth-order valence-electron chi connectivity index (χ4n) is 5.80. The number of amides is 2. The minimum absolute atomic E-state index is 0.0633. The molecule has 0 saturated heterocycles. The zero-order valence-corrected chi connectivity index (χ0v) is 26.1. The van der Waals surface area contributed by atoms with Gasteiger partial charge >= 0.3 is 0 Å². The normalized spacial score (nSPS) is 11.6. The van der Waals surface area contributed by atoms with Gasteiger partial charge < -0.3 is 21.3 Å². The van der Waals surface area contributed by atoms with Crippen LogP contribution in [0.1, 0.15) is 52.6 Å². The van der Waals surface area contributed by atoms with Gasteiger partial charge in [-0.1, -0.05) is 72.8 Å². The first kappa shape index (κ1) is 31.6. The summed E-state index contributed by atoms with van der Waals surface area (Å²) in [5.41, 5.74) is 1.46. The van der Waals surface area contributed by atoms with Crippen LogP contribution in [0.2, 0.25) is 0 Å². The number of rotatable bonds is 8. The van der Waals surface area contributed by atoms with Crippen LogP contribution in [0.3, 0.4) is 0 Å². The molecule has 6 aromatic rings. The number of carbonyl (C=O) groups is 4. The zero-order chi connectivity index (χ0) is 34.8. The number of fused-ring (bicyclic) bond motifs is 2. The largest absolute Gasteiger partial charge is 0.353 e. The molecule has 7 rings (SSSR count). The number of ketones is 2. The highest BCUT2D eigenvalue weighted by Crippen LogP contribution is 2.39. The summed E-state index contributed by atoms with van der Waals surface area (Å²) in [5, 5.41) is 11.3. The molecule has 0 bridgehead atoms. The number of anilines is 6. The van der Waals surface area contributed by atoms with Gasteiger partial charge in [0.15, 0.2) is 11.6 Å². The average molecular weight is 665 g/mol. The van der Waals surface area contributed by atoms with Crippen LogP contribution in [-0.4, -0.2) is 23.4 Å². The van der Waals surface area contributed by atoms with Crippen LogP contribution in [-0.2, 0) is 0 Å². The Bertz CT molecular complexity index is 2160. The lowest BCUT2D eigenvalue weighted by Crippen LogP contribution is -2.23. The third-order valence-corrected chi connectivity index (χ3v) is 8.19. The van der Waals surface area contributed by atoms with E-state index in [9.17, 15) is 19.2 Å². The standard InChI is InChI=1S/C40H26F2N4O4/c41-27-17-9-21-31(35(27)45-39(49)23-11-3-1-4-12-23)43-29-19-7-15-25-33(29)37(47)26-16-8-20-30(34(26)38(25)48)44-32-22-10-18-28(42)36(32)46-40(50)24-13-5-2-6-14-24/h1-22,43-44H,(H,45,49)(H,46,50). The van der Waals surface area contributed by atoms with Gasteiger partial charge in [-0.3, -0.25) is 19.2 Å². The maximum atomic E-state index is 15.1. The van der Waals surface area contributed by atoms with Crippen molar-refractivity contribution in [2.24, 2.45) is 0 Å². The minimum atomic E-state index is -0.704. The Labute approximate surface area is 284 Å². The molecule has 0 unspecified atom stereocenters. The van der Waals surface area contributed by atoms with Gasteiger partial charge in [-0.2, -0.15) is 0 Å². The maximum Gasteiger partial charge on any atom is 0.255 e. The second kappa shape index (κ2) is 13.3. The lowest BCUT2D eigenvalue weighted by atomic mass is 9.82. The van der Waals surface area contributed by atoms with Gasteiger partial charge in [-0.25, -0.2) is 8.78 Å². The fourth-order valence-corrected chi connectivity index (χ4v) is 5.80. The molecule has 6 aromatic carbocycles. The Morgan fingerprint density at radius 3 is 1.18 bits per heavy atom. The molecule has 0 saturated carbocycles. The van der Waals surface area contributed by atoms with Crippen LogP contribution < -0.4 is 21.3 Å². The van der Waals surface area contributed by atoms with Crippen molar-refractivity contribution in [2.45, 2.75) is 0 Å². The minimum Gasteiger partial charge on any atom is -0.353 e. The summed E-state index contributed by atoms with van der Waals surface area (Å²) in [4.78, 5) is 54.1. The van der Waals surface area contributed by atoms with E-state index in [2.05, 4.69) is 21.3 Å². The molecular weight excluding hydrogens is 638 g/mol. The van der Waals surface area contributed by atoms with E-state index in [0.717, 1.165) is 0 Å². The Balaban J connectivity index is 1.21. The summed E-state index contributed by atoms with van der Waals surface area (Å²) in [6.07, 6.45) is 0. The summed E-state index contributed by atoms with van der Waals surface area (Å²) in [7, 11) is 0. The molecule has 0 aromatic heterocycles. The van der Waals surface area contributed by atoms with Crippen LogP contribution in [0, 0.1) is 11.6 Å². The van der Waals surface area contributed by atoms with Gasteiger partial charge in [0.1, 0.15) is 23.0 Å². The Morgan fingerprint density at radius 1 is 0.420 bits per heavy atom. The van der Waals surface area contributed by atoms with E-state index >= 15 is 8.78 Å². The fraction of sp³-hybridized carbons (Fsp3) is 0. The van der Waals surface area contributed by atoms with Crippen molar-refractivity contribution in [3.05, 3.63) is 178 Å². The van der Waals surface area contributed by atoms with E-state index in [-0.39, 0.29) is 56.4 Å². The summed E-state index contributed by atoms with van der Waals surface area (Å²) >= 11 is 0. The van der Waals surface area contributed by atoms with Crippen molar-refractivity contribution < 1.29 is 28.0 Å². The van der Waals surface area contributed by atoms with Gasteiger partial charge in [-0.05, 0) is 60.7 Å². The molecule has 244 valence electrons. The van der Waals surface area contributed by atoms with Crippen LogP contribution in [0.15, 0.2) is 133 Å². The molecule has 1 aliphatic rings. The number of nitrogens with one attached hydrogen (secondary N) is 4. The lowest BCUT2D eigenvalue weighted by molar-refractivity contribution is 0.0980. The van der Waals surface area contributed by atoms with E-state index in [1.54, 1.807) is 97.1 Å². The number of halogens is 2. The van der Waals surface area contributed by atoms with Gasteiger partial charge in [0.05, 0.1) is 33.9 Å². The third kappa shape index (κ3) is 5.97. The second-order valence-corrected chi connectivity index (χ2v) is 11.3. The molecule has 10 heteroatoms. The maximum absolute atomic E-state index is 15.1. The quantitative estimate of drug-likeness (QED) is 0.129. The topological polar surface area (TPSA) is 116 Å². The molecular formula is C40H26F2N4O4. The smallest absolute Gasteiger partial charge is 0.255 e.